The van der Waals surface area contributed by atoms with E-state index in [0.717, 1.165) is 22.6 Å². The second kappa shape index (κ2) is 11.9. The van der Waals surface area contributed by atoms with Gasteiger partial charge in [0.05, 0.1) is 22.0 Å². The fraction of sp³-hybridized carbons (Fsp3) is 0.120. The second-order valence-corrected chi connectivity index (χ2v) is 9.18. The van der Waals surface area contributed by atoms with Gasteiger partial charge in [-0.3, -0.25) is 9.36 Å². The topological polar surface area (TPSA) is 81.4 Å². The number of aromatic nitrogens is 3. The minimum Gasteiger partial charge on any atom is -0.486 e. The fourth-order valence-electron chi connectivity index (χ4n) is 3.04. The number of nitrogens with one attached hydrogen (secondary N) is 1. The highest BCUT2D eigenvalue weighted by atomic mass is 35.5. The number of hydrogen-bond acceptors (Lipinski definition) is 6. The van der Waals surface area contributed by atoms with E-state index in [-0.39, 0.29) is 18.3 Å². The molecule has 1 N–H and O–H groups in total. The summed E-state index contributed by atoms with van der Waals surface area (Å²) < 4.78 is 7.79. The van der Waals surface area contributed by atoms with E-state index in [1.165, 1.54) is 18.0 Å². The molecule has 0 radical (unpaired) electrons. The number of hydrazone groups is 1. The van der Waals surface area contributed by atoms with Gasteiger partial charge in [-0.1, -0.05) is 76.9 Å². The van der Waals surface area contributed by atoms with Crippen LogP contribution >= 0.6 is 35.0 Å². The monoisotopic (exact) mass is 525 g/mol. The molecule has 0 aliphatic heterocycles. The van der Waals surface area contributed by atoms with Crippen LogP contribution in [0, 0.1) is 6.92 Å². The van der Waals surface area contributed by atoms with Crippen LogP contribution in [0.25, 0.3) is 5.69 Å². The van der Waals surface area contributed by atoms with Gasteiger partial charge in [-0.15, -0.1) is 10.2 Å². The number of carbonyl (C=O) groups excluding carboxylic acids is 1. The molecule has 4 rings (SSSR count). The summed E-state index contributed by atoms with van der Waals surface area (Å²) in [7, 11) is 0. The molecule has 0 unspecified atom stereocenters. The van der Waals surface area contributed by atoms with Crippen molar-refractivity contribution in [1.82, 2.24) is 20.2 Å². The molecule has 0 saturated heterocycles. The third kappa shape index (κ3) is 6.85. The van der Waals surface area contributed by atoms with Crippen molar-refractivity contribution in [2.24, 2.45) is 5.10 Å². The number of thioether (sulfide) groups is 1. The van der Waals surface area contributed by atoms with E-state index in [1.54, 1.807) is 18.2 Å². The number of aryl methyl sites for hydroxylation is 1. The van der Waals surface area contributed by atoms with Crippen LogP contribution in [-0.4, -0.2) is 32.6 Å². The summed E-state index contributed by atoms with van der Waals surface area (Å²) >= 11 is 13.2. The summed E-state index contributed by atoms with van der Waals surface area (Å²) in [5.41, 5.74) is 5.25. The quantitative estimate of drug-likeness (QED) is 0.172. The highest BCUT2D eigenvalue weighted by Gasteiger charge is 2.16. The van der Waals surface area contributed by atoms with E-state index in [4.69, 9.17) is 27.9 Å². The Kier molecular flexibility index (Phi) is 8.41. The fourth-order valence-corrected chi connectivity index (χ4v) is 4.11. The minimum atomic E-state index is -0.286. The second-order valence-electron chi connectivity index (χ2n) is 7.43. The maximum Gasteiger partial charge on any atom is 0.250 e. The van der Waals surface area contributed by atoms with Gasteiger partial charge in [-0.2, -0.15) is 5.10 Å². The number of para-hydroxylation sites is 1. The standard InChI is InChI=1S/C25H21Cl2N5O2S/c1-17-7-10-20(11-8-17)34-15-23-29-31-25(32(23)19-5-3-2-4-6-19)35-16-24(33)30-28-14-18-9-12-21(26)22(27)13-18/h2-14H,15-16H2,1H3,(H,30,33)/b28-14-. The molecule has 0 aliphatic carbocycles. The first kappa shape index (κ1) is 24.8. The summed E-state index contributed by atoms with van der Waals surface area (Å²) in [4.78, 5) is 12.3. The molecule has 35 heavy (non-hydrogen) atoms. The average Bonchev–Trinajstić information content (AvgIpc) is 3.28. The van der Waals surface area contributed by atoms with Gasteiger partial charge in [-0.05, 0) is 48.9 Å². The molecule has 1 heterocycles. The van der Waals surface area contributed by atoms with Gasteiger partial charge in [0.2, 0.25) is 0 Å². The van der Waals surface area contributed by atoms with Crippen molar-refractivity contribution < 1.29 is 9.53 Å². The molecular weight excluding hydrogens is 505 g/mol. The van der Waals surface area contributed by atoms with Gasteiger partial charge in [0.15, 0.2) is 11.0 Å². The van der Waals surface area contributed by atoms with Crippen molar-refractivity contribution in [1.29, 1.82) is 0 Å². The molecule has 0 spiro atoms. The maximum absolute atomic E-state index is 12.3. The molecule has 178 valence electrons. The van der Waals surface area contributed by atoms with Crippen molar-refractivity contribution in [3.8, 4) is 11.4 Å². The minimum absolute atomic E-state index is 0.0997. The highest BCUT2D eigenvalue weighted by molar-refractivity contribution is 7.99. The number of ether oxygens (including phenoxy) is 1. The Morgan fingerprint density at radius 1 is 1.06 bits per heavy atom. The SMILES string of the molecule is Cc1ccc(OCc2nnc(SCC(=O)N/N=C\c3ccc(Cl)c(Cl)c3)n2-c2ccccc2)cc1. The zero-order valence-corrected chi connectivity index (χ0v) is 21.0. The van der Waals surface area contributed by atoms with E-state index in [0.29, 0.717) is 21.0 Å². The molecule has 1 aromatic heterocycles. The molecule has 4 aromatic rings. The Hall–Kier alpha value is -3.33. The van der Waals surface area contributed by atoms with Crippen molar-refractivity contribution in [2.75, 3.05) is 5.75 Å². The van der Waals surface area contributed by atoms with Crippen LogP contribution in [0.4, 0.5) is 0 Å². The van der Waals surface area contributed by atoms with E-state index < -0.39 is 0 Å². The smallest absolute Gasteiger partial charge is 0.250 e. The van der Waals surface area contributed by atoms with Crippen molar-refractivity contribution in [3.63, 3.8) is 0 Å². The molecule has 0 fully saturated rings. The Bertz CT molecular complexity index is 1330. The number of rotatable bonds is 9. The van der Waals surface area contributed by atoms with E-state index in [2.05, 4.69) is 20.7 Å². The molecular formula is C25H21Cl2N5O2S. The van der Waals surface area contributed by atoms with Crippen LogP contribution in [-0.2, 0) is 11.4 Å². The zero-order chi connectivity index (χ0) is 24.6. The van der Waals surface area contributed by atoms with Crippen LogP contribution in [0.3, 0.4) is 0 Å². The number of benzene rings is 3. The van der Waals surface area contributed by atoms with Crippen LogP contribution in [0.2, 0.25) is 10.0 Å². The molecule has 0 saturated carbocycles. The number of nitrogens with zero attached hydrogens (tertiary/aromatic N) is 4. The van der Waals surface area contributed by atoms with E-state index in [1.807, 2.05) is 66.1 Å². The lowest BCUT2D eigenvalue weighted by Gasteiger charge is -2.11. The third-order valence-electron chi connectivity index (χ3n) is 4.78. The third-order valence-corrected chi connectivity index (χ3v) is 6.45. The number of halogens is 2. The average molecular weight is 526 g/mol. The number of amides is 1. The first-order chi connectivity index (χ1) is 17.0. The predicted octanol–water partition coefficient (Wildman–Crippen LogP) is 5.70. The van der Waals surface area contributed by atoms with Crippen molar-refractivity contribution in [3.05, 3.63) is 99.8 Å². The Morgan fingerprint density at radius 2 is 1.83 bits per heavy atom. The molecule has 10 heteroatoms. The van der Waals surface area contributed by atoms with Crippen LogP contribution in [0.5, 0.6) is 5.75 Å². The first-order valence-corrected chi connectivity index (χ1v) is 12.3. The molecule has 3 aromatic carbocycles. The first-order valence-electron chi connectivity index (χ1n) is 10.6. The normalized spacial score (nSPS) is 11.1. The lowest BCUT2D eigenvalue weighted by Crippen LogP contribution is -2.20. The number of hydrogen-bond donors (Lipinski definition) is 1. The molecule has 0 bridgehead atoms. The summed E-state index contributed by atoms with van der Waals surface area (Å²) in [5.74, 6) is 1.18. The van der Waals surface area contributed by atoms with Gasteiger partial charge < -0.3 is 4.74 Å². The predicted molar refractivity (Wildman–Crippen MR) is 140 cm³/mol. The Morgan fingerprint density at radius 3 is 2.57 bits per heavy atom. The van der Waals surface area contributed by atoms with E-state index >= 15 is 0 Å². The van der Waals surface area contributed by atoms with Gasteiger partial charge >= 0.3 is 0 Å². The maximum atomic E-state index is 12.3. The molecule has 0 atom stereocenters. The Labute approximate surface area is 217 Å². The lowest BCUT2D eigenvalue weighted by atomic mass is 10.2. The summed E-state index contributed by atoms with van der Waals surface area (Å²) in [5, 5.41) is 14.0. The molecule has 7 nitrogen and oxygen atoms in total. The van der Waals surface area contributed by atoms with Crippen LogP contribution in [0.15, 0.2) is 83.1 Å². The van der Waals surface area contributed by atoms with Gasteiger partial charge in [0.1, 0.15) is 12.4 Å². The summed E-state index contributed by atoms with van der Waals surface area (Å²) in [6.07, 6.45) is 1.50. The molecule has 1 amide bonds. The van der Waals surface area contributed by atoms with E-state index in [9.17, 15) is 4.79 Å². The molecule has 0 aliphatic rings. The van der Waals surface area contributed by atoms with Crippen LogP contribution < -0.4 is 10.2 Å². The Balaban J connectivity index is 1.41. The van der Waals surface area contributed by atoms with Crippen molar-refractivity contribution in [2.45, 2.75) is 18.7 Å². The van der Waals surface area contributed by atoms with Crippen LogP contribution in [0.1, 0.15) is 17.0 Å². The highest BCUT2D eigenvalue weighted by Crippen LogP contribution is 2.24. The largest absolute Gasteiger partial charge is 0.486 e. The van der Waals surface area contributed by atoms with Gasteiger partial charge in [0, 0.05) is 5.69 Å². The lowest BCUT2D eigenvalue weighted by molar-refractivity contribution is -0.118. The summed E-state index contributed by atoms with van der Waals surface area (Å²) in [6, 6.07) is 22.6. The zero-order valence-electron chi connectivity index (χ0n) is 18.7. The summed E-state index contributed by atoms with van der Waals surface area (Å²) in [6.45, 7) is 2.25. The number of carbonyl (C=O) groups is 1. The van der Waals surface area contributed by atoms with Gasteiger partial charge in [0.25, 0.3) is 5.91 Å². The van der Waals surface area contributed by atoms with Crippen molar-refractivity contribution >= 4 is 47.1 Å². The van der Waals surface area contributed by atoms with Gasteiger partial charge in [-0.25, -0.2) is 5.43 Å².